The van der Waals surface area contributed by atoms with E-state index < -0.39 is 6.10 Å². The lowest BCUT2D eigenvalue weighted by molar-refractivity contribution is 0.0310. The molecule has 6 heteroatoms. The molecule has 0 aromatic heterocycles. The van der Waals surface area contributed by atoms with Crippen LogP contribution in [0.2, 0.25) is 0 Å². The molecular formula is C22H26FNO4. The van der Waals surface area contributed by atoms with Gasteiger partial charge in [0.05, 0.1) is 6.10 Å². The molecule has 1 aliphatic rings. The van der Waals surface area contributed by atoms with Crippen LogP contribution in [0.4, 0.5) is 4.39 Å². The van der Waals surface area contributed by atoms with Crippen LogP contribution in [-0.4, -0.2) is 54.8 Å². The summed E-state index contributed by atoms with van der Waals surface area (Å²) in [6.45, 7) is 2.19. The van der Waals surface area contributed by atoms with Crippen molar-refractivity contribution in [3.05, 3.63) is 65.5 Å². The molecule has 1 fully saturated rings. The molecule has 1 aliphatic heterocycles. The van der Waals surface area contributed by atoms with E-state index in [1.807, 2.05) is 11.0 Å². The number of hydrogen-bond donors (Lipinski definition) is 1. The highest BCUT2D eigenvalue weighted by molar-refractivity contribution is 5.75. The molecule has 2 atom stereocenters. The SMILES string of the molecule is O=Cc1cccc(OCC(O)CN(Cc2ccccc2F)CC2CCCO2)c1. The Morgan fingerprint density at radius 1 is 1.29 bits per heavy atom. The normalized spacial score (nSPS) is 17.6. The number of nitrogens with zero attached hydrogens (tertiary/aromatic N) is 1. The number of aliphatic hydroxyl groups is 1. The van der Waals surface area contributed by atoms with Crippen molar-refractivity contribution >= 4 is 6.29 Å². The Labute approximate surface area is 164 Å². The number of ether oxygens (including phenoxy) is 2. The fraction of sp³-hybridized carbons (Fsp3) is 0.409. The summed E-state index contributed by atoms with van der Waals surface area (Å²) in [6, 6.07) is 13.5. The number of benzene rings is 2. The van der Waals surface area contributed by atoms with Crippen LogP contribution in [0.25, 0.3) is 0 Å². The fourth-order valence-corrected chi connectivity index (χ4v) is 3.37. The van der Waals surface area contributed by atoms with Gasteiger partial charge < -0.3 is 14.6 Å². The van der Waals surface area contributed by atoms with Gasteiger partial charge in [0.15, 0.2) is 0 Å². The van der Waals surface area contributed by atoms with Crippen molar-refractivity contribution in [3.8, 4) is 5.75 Å². The maximum absolute atomic E-state index is 14.1. The van der Waals surface area contributed by atoms with Crippen molar-refractivity contribution < 1.29 is 23.8 Å². The number of aliphatic hydroxyl groups excluding tert-OH is 1. The number of carbonyl (C=O) groups excluding carboxylic acids is 1. The van der Waals surface area contributed by atoms with Crippen molar-refractivity contribution in [1.82, 2.24) is 4.90 Å². The predicted molar refractivity (Wildman–Crippen MR) is 104 cm³/mol. The topological polar surface area (TPSA) is 59.0 Å². The number of carbonyl (C=O) groups is 1. The zero-order valence-corrected chi connectivity index (χ0v) is 15.8. The molecule has 0 aliphatic carbocycles. The molecule has 1 saturated heterocycles. The second-order valence-electron chi connectivity index (χ2n) is 7.08. The molecule has 28 heavy (non-hydrogen) atoms. The molecule has 1 heterocycles. The first-order valence-corrected chi connectivity index (χ1v) is 9.57. The predicted octanol–water partition coefficient (Wildman–Crippen LogP) is 3.06. The second kappa shape index (κ2) is 10.3. The van der Waals surface area contributed by atoms with E-state index in [0.29, 0.717) is 36.5 Å². The first-order chi connectivity index (χ1) is 13.6. The summed E-state index contributed by atoms with van der Waals surface area (Å²) in [5.41, 5.74) is 1.11. The largest absolute Gasteiger partial charge is 0.491 e. The highest BCUT2D eigenvalue weighted by Gasteiger charge is 2.22. The van der Waals surface area contributed by atoms with Crippen LogP contribution in [0.15, 0.2) is 48.5 Å². The van der Waals surface area contributed by atoms with E-state index in [1.165, 1.54) is 6.07 Å². The molecule has 2 aromatic carbocycles. The average Bonchev–Trinajstić information content (AvgIpc) is 3.21. The van der Waals surface area contributed by atoms with Crippen LogP contribution in [0.3, 0.4) is 0 Å². The first kappa shape index (κ1) is 20.5. The maximum atomic E-state index is 14.1. The summed E-state index contributed by atoms with van der Waals surface area (Å²) in [6.07, 6.45) is 2.09. The third-order valence-corrected chi connectivity index (χ3v) is 4.74. The van der Waals surface area contributed by atoms with Gasteiger partial charge in [0.2, 0.25) is 0 Å². The lowest BCUT2D eigenvalue weighted by Crippen LogP contribution is -2.39. The Hall–Kier alpha value is -2.28. The average molecular weight is 387 g/mol. The third kappa shape index (κ3) is 6.12. The van der Waals surface area contributed by atoms with Gasteiger partial charge in [-0.3, -0.25) is 9.69 Å². The van der Waals surface area contributed by atoms with Gasteiger partial charge in [-0.1, -0.05) is 30.3 Å². The Kier molecular flexibility index (Phi) is 7.54. The van der Waals surface area contributed by atoms with E-state index in [4.69, 9.17) is 9.47 Å². The Morgan fingerprint density at radius 3 is 2.89 bits per heavy atom. The molecule has 0 bridgehead atoms. The van der Waals surface area contributed by atoms with Crippen molar-refractivity contribution in [2.45, 2.75) is 31.6 Å². The van der Waals surface area contributed by atoms with Crippen molar-refractivity contribution in [1.29, 1.82) is 0 Å². The molecule has 2 aromatic rings. The van der Waals surface area contributed by atoms with Gasteiger partial charge in [-0.25, -0.2) is 4.39 Å². The molecule has 3 rings (SSSR count). The zero-order valence-electron chi connectivity index (χ0n) is 15.8. The minimum absolute atomic E-state index is 0.0849. The minimum atomic E-state index is -0.756. The Morgan fingerprint density at radius 2 is 2.14 bits per heavy atom. The van der Waals surface area contributed by atoms with Gasteiger partial charge in [0.25, 0.3) is 0 Å². The van der Waals surface area contributed by atoms with Crippen LogP contribution in [0, 0.1) is 5.82 Å². The fourth-order valence-electron chi connectivity index (χ4n) is 3.37. The summed E-state index contributed by atoms with van der Waals surface area (Å²) < 4.78 is 25.4. The summed E-state index contributed by atoms with van der Waals surface area (Å²) >= 11 is 0. The highest BCUT2D eigenvalue weighted by Crippen LogP contribution is 2.17. The molecular weight excluding hydrogens is 361 g/mol. The minimum Gasteiger partial charge on any atom is -0.491 e. The Bertz CT molecular complexity index is 764. The van der Waals surface area contributed by atoms with Gasteiger partial charge >= 0.3 is 0 Å². The van der Waals surface area contributed by atoms with E-state index in [9.17, 15) is 14.3 Å². The molecule has 1 N–H and O–H groups in total. The number of halogens is 1. The smallest absolute Gasteiger partial charge is 0.150 e. The first-order valence-electron chi connectivity index (χ1n) is 9.57. The molecule has 0 radical (unpaired) electrons. The quantitative estimate of drug-likeness (QED) is 0.635. The molecule has 0 saturated carbocycles. The summed E-state index contributed by atoms with van der Waals surface area (Å²) in [5, 5.41) is 10.5. The third-order valence-electron chi connectivity index (χ3n) is 4.74. The highest BCUT2D eigenvalue weighted by atomic mass is 19.1. The number of rotatable bonds is 10. The Balaban J connectivity index is 1.58. The van der Waals surface area contributed by atoms with Crippen LogP contribution >= 0.6 is 0 Å². The molecule has 150 valence electrons. The van der Waals surface area contributed by atoms with Gasteiger partial charge in [-0.15, -0.1) is 0 Å². The zero-order chi connectivity index (χ0) is 19.8. The van der Waals surface area contributed by atoms with Gasteiger partial charge in [-0.05, 0) is 31.0 Å². The molecule has 0 amide bonds. The van der Waals surface area contributed by atoms with Gasteiger partial charge in [-0.2, -0.15) is 0 Å². The molecule has 2 unspecified atom stereocenters. The standard InChI is InChI=1S/C22H26FNO4/c23-22-9-2-1-6-18(22)12-24(14-21-8-4-10-27-21)13-19(26)16-28-20-7-3-5-17(11-20)15-25/h1-3,5-7,9,11,15,19,21,26H,4,8,10,12-14,16H2. The summed E-state index contributed by atoms with van der Waals surface area (Å²) in [4.78, 5) is 12.9. The van der Waals surface area contributed by atoms with Gasteiger partial charge in [0.1, 0.15) is 30.6 Å². The van der Waals surface area contributed by atoms with Crippen LogP contribution in [0.5, 0.6) is 5.75 Å². The number of hydrogen-bond acceptors (Lipinski definition) is 5. The molecule has 0 spiro atoms. The van der Waals surface area contributed by atoms with Crippen molar-refractivity contribution in [3.63, 3.8) is 0 Å². The van der Waals surface area contributed by atoms with E-state index in [0.717, 1.165) is 25.7 Å². The maximum Gasteiger partial charge on any atom is 0.150 e. The lowest BCUT2D eigenvalue weighted by atomic mass is 10.1. The van der Waals surface area contributed by atoms with Crippen molar-refractivity contribution in [2.75, 3.05) is 26.3 Å². The lowest BCUT2D eigenvalue weighted by Gasteiger charge is -2.27. The van der Waals surface area contributed by atoms with Crippen molar-refractivity contribution in [2.24, 2.45) is 0 Å². The second-order valence-corrected chi connectivity index (χ2v) is 7.08. The summed E-state index contributed by atoms with van der Waals surface area (Å²) in [7, 11) is 0. The van der Waals surface area contributed by atoms with Crippen LogP contribution in [-0.2, 0) is 11.3 Å². The van der Waals surface area contributed by atoms with E-state index in [-0.39, 0.29) is 18.5 Å². The number of aldehydes is 1. The molecule has 5 nitrogen and oxygen atoms in total. The monoisotopic (exact) mass is 387 g/mol. The van der Waals surface area contributed by atoms with E-state index in [2.05, 4.69) is 0 Å². The van der Waals surface area contributed by atoms with E-state index in [1.54, 1.807) is 36.4 Å². The van der Waals surface area contributed by atoms with Gasteiger partial charge in [0, 0.05) is 37.4 Å². The van der Waals surface area contributed by atoms with Crippen LogP contribution < -0.4 is 4.74 Å². The van der Waals surface area contributed by atoms with Crippen LogP contribution in [0.1, 0.15) is 28.8 Å². The van der Waals surface area contributed by atoms with E-state index >= 15 is 0 Å². The summed E-state index contributed by atoms with van der Waals surface area (Å²) in [5.74, 6) is 0.277.